The van der Waals surface area contributed by atoms with Gasteiger partial charge in [0.1, 0.15) is 0 Å². The Hall–Kier alpha value is -2.18. The van der Waals surface area contributed by atoms with Gasteiger partial charge < -0.3 is 20.1 Å². The van der Waals surface area contributed by atoms with Crippen molar-refractivity contribution in [3.63, 3.8) is 0 Å². The molecule has 0 saturated carbocycles. The number of carbonyl (C=O) groups is 1. The summed E-state index contributed by atoms with van der Waals surface area (Å²) in [7, 11) is 1.74. The van der Waals surface area contributed by atoms with Gasteiger partial charge in [-0.25, -0.2) is 4.79 Å². The van der Waals surface area contributed by atoms with Crippen LogP contribution in [0, 0.1) is 15.5 Å². The third-order valence-electron chi connectivity index (χ3n) is 2.41. The Balaban J connectivity index is 3.20. The number of carboxylic acid groups (broad SMARTS) is 1. The van der Waals surface area contributed by atoms with E-state index in [-0.39, 0.29) is 11.0 Å². The minimum atomic E-state index is -1.21. The zero-order chi connectivity index (χ0) is 14.8. The molecule has 7 heteroatoms. The SMILES string of the molecule is CN(CC(C)(C)C)c1cnc([N+](=O)[O-])cc1C(=O)O. The van der Waals surface area contributed by atoms with Crippen molar-refractivity contribution >= 4 is 17.5 Å². The smallest absolute Gasteiger partial charge is 0.364 e. The number of aromatic carboxylic acids is 1. The maximum absolute atomic E-state index is 11.2. The van der Waals surface area contributed by atoms with Gasteiger partial charge in [-0.05, 0) is 15.3 Å². The molecule has 7 nitrogen and oxygen atoms in total. The van der Waals surface area contributed by atoms with Gasteiger partial charge in [0.15, 0.2) is 6.20 Å². The molecule has 0 aromatic carbocycles. The minimum absolute atomic E-state index is 0.0354. The van der Waals surface area contributed by atoms with Crippen LogP contribution in [0.2, 0.25) is 0 Å². The van der Waals surface area contributed by atoms with Gasteiger partial charge in [0.25, 0.3) is 0 Å². The monoisotopic (exact) mass is 267 g/mol. The Morgan fingerprint density at radius 2 is 2.11 bits per heavy atom. The highest BCUT2D eigenvalue weighted by Gasteiger charge is 2.23. The van der Waals surface area contributed by atoms with Crippen LogP contribution in [0.3, 0.4) is 0 Å². The fraction of sp³-hybridized carbons (Fsp3) is 0.500. The van der Waals surface area contributed by atoms with E-state index in [1.165, 1.54) is 6.20 Å². The zero-order valence-electron chi connectivity index (χ0n) is 11.4. The molecule has 1 aromatic rings. The molecule has 0 spiro atoms. The van der Waals surface area contributed by atoms with E-state index in [1.54, 1.807) is 11.9 Å². The number of hydrogen-bond acceptors (Lipinski definition) is 5. The molecule has 104 valence electrons. The standard InChI is InChI=1S/C12H17N3O4/c1-12(2,3)7-14(4)9-6-13-10(15(18)19)5-8(9)11(16)17/h5-6H,7H2,1-4H3,(H,16,17). The van der Waals surface area contributed by atoms with Crippen LogP contribution in [-0.2, 0) is 0 Å². The second kappa shape index (κ2) is 5.21. The lowest BCUT2D eigenvalue weighted by molar-refractivity contribution is -0.389. The Labute approximate surface area is 111 Å². The number of nitrogens with zero attached hydrogens (tertiary/aromatic N) is 3. The van der Waals surface area contributed by atoms with Crippen LogP contribution in [0.15, 0.2) is 12.3 Å². The van der Waals surface area contributed by atoms with Crippen molar-refractivity contribution in [1.82, 2.24) is 4.98 Å². The molecule has 1 rings (SSSR count). The largest absolute Gasteiger partial charge is 0.478 e. The maximum atomic E-state index is 11.2. The average molecular weight is 267 g/mol. The van der Waals surface area contributed by atoms with Gasteiger partial charge in [0.2, 0.25) is 0 Å². The van der Waals surface area contributed by atoms with Crippen LogP contribution in [-0.4, -0.2) is 34.6 Å². The van der Waals surface area contributed by atoms with E-state index in [1.807, 2.05) is 20.8 Å². The highest BCUT2D eigenvalue weighted by molar-refractivity contribution is 5.94. The molecule has 0 bridgehead atoms. The number of hydrogen-bond donors (Lipinski definition) is 1. The Kier molecular flexibility index (Phi) is 4.08. The number of carboxylic acids is 1. The van der Waals surface area contributed by atoms with Crippen LogP contribution in [0.4, 0.5) is 11.5 Å². The average Bonchev–Trinajstić information content (AvgIpc) is 2.25. The van der Waals surface area contributed by atoms with Crippen molar-refractivity contribution < 1.29 is 14.8 Å². The van der Waals surface area contributed by atoms with Crippen LogP contribution >= 0.6 is 0 Å². The van der Waals surface area contributed by atoms with Gasteiger partial charge in [0, 0.05) is 13.6 Å². The number of nitro groups is 1. The van der Waals surface area contributed by atoms with Gasteiger partial charge in [-0.3, -0.25) is 0 Å². The summed E-state index contributed by atoms with van der Waals surface area (Å²) in [5.41, 5.74) is 0.216. The van der Waals surface area contributed by atoms with Gasteiger partial charge in [-0.15, -0.1) is 0 Å². The van der Waals surface area contributed by atoms with Gasteiger partial charge >= 0.3 is 11.8 Å². The predicted octanol–water partition coefficient (Wildman–Crippen LogP) is 2.17. The summed E-state index contributed by atoms with van der Waals surface area (Å²) in [6, 6.07) is 0.983. The van der Waals surface area contributed by atoms with Crippen molar-refractivity contribution in [3.05, 3.63) is 27.9 Å². The molecule has 1 N–H and O–H groups in total. The second-order valence-electron chi connectivity index (χ2n) is 5.54. The third kappa shape index (κ3) is 3.90. The molecule has 19 heavy (non-hydrogen) atoms. The molecular weight excluding hydrogens is 250 g/mol. The first-order chi connectivity index (χ1) is 8.61. The van der Waals surface area contributed by atoms with Gasteiger partial charge in [-0.1, -0.05) is 20.8 Å². The van der Waals surface area contributed by atoms with E-state index in [4.69, 9.17) is 5.11 Å². The molecular formula is C12H17N3O4. The van der Waals surface area contributed by atoms with Gasteiger partial charge in [-0.2, -0.15) is 0 Å². The molecule has 0 atom stereocenters. The summed E-state index contributed by atoms with van der Waals surface area (Å²) in [6.45, 7) is 6.65. The van der Waals surface area contributed by atoms with E-state index < -0.39 is 16.7 Å². The van der Waals surface area contributed by atoms with E-state index in [0.717, 1.165) is 6.07 Å². The first kappa shape index (κ1) is 14.9. The molecule has 0 radical (unpaired) electrons. The topological polar surface area (TPSA) is 96.6 Å². The Morgan fingerprint density at radius 1 is 1.53 bits per heavy atom. The number of aromatic nitrogens is 1. The van der Waals surface area contributed by atoms with Crippen molar-refractivity contribution in [2.24, 2.45) is 5.41 Å². The summed E-state index contributed by atoms with van der Waals surface area (Å²) >= 11 is 0. The molecule has 1 aromatic heterocycles. The fourth-order valence-corrected chi connectivity index (χ4v) is 1.81. The molecule has 0 aliphatic heterocycles. The van der Waals surface area contributed by atoms with Crippen molar-refractivity contribution in [3.8, 4) is 0 Å². The van der Waals surface area contributed by atoms with Gasteiger partial charge in [0.05, 0.1) is 17.3 Å². The molecule has 0 aliphatic rings. The molecule has 0 unspecified atom stereocenters. The second-order valence-corrected chi connectivity index (χ2v) is 5.54. The summed E-state index contributed by atoms with van der Waals surface area (Å²) in [5.74, 6) is -1.67. The lowest BCUT2D eigenvalue weighted by Gasteiger charge is -2.28. The maximum Gasteiger partial charge on any atom is 0.364 e. The van der Waals surface area contributed by atoms with E-state index in [2.05, 4.69) is 4.98 Å². The highest BCUT2D eigenvalue weighted by Crippen LogP contribution is 2.25. The van der Waals surface area contributed by atoms with E-state index in [9.17, 15) is 14.9 Å². The van der Waals surface area contributed by atoms with Crippen molar-refractivity contribution in [2.75, 3.05) is 18.5 Å². The quantitative estimate of drug-likeness (QED) is 0.663. The normalized spacial score (nSPS) is 11.2. The Bertz CT molecular complexity index is 508. The number of anilines is 1. The van der Waals surface area contributed by atoms with Crippen LogP contribution in [0.1, 0.15) is 31.1 Å². The first-order valence-electron chi connectivity index (χ1n) is 5.70. The number of pyridine rings is 1. The molecule has 0 aliphatic carbocycles. The molecule has 1 heterocycles. The fourth-order valence-electron chi connectivity index (χ4n) is 1.81. The van der Waals surface area contributed by atoms with E-state index in [0.29, 0.717) is 12.2 Å². The van der Waals surface area contributed by atoms with Crippen LogP contribution in [0.5, 0.6) is 0 Å². The van der Waals surface area contributed by atoms with Crippen LogP contribution in [0.25, 0.3) is 0 Å². The summed E-state index contributed by atoms with van der Waals surface area (Å²) in [6.07, 6.45) is 1.23. The minimum Gasteiger partial charge on any atom is -0.478 e. The highest BCUT2D eigenvalue weighted by atomic mass is 16.6. The summed E-state index contributed by atoms with van der Waals surface area (Å²) in [5, 5.41) is 19.8. The Morgan fingerprint density at radius 3 is 2.53 bits per heavy atom. The lowest BCUT2D eigenvalue weighted by atomic mass is 9.96. The van der Waals surface area contributed by atoms with Crippen LogP contribution < -0.4 is 4.90 Å². The third-order valence-corrected chi connectivity index (χ3v) is 2.41. The summed E-state index contributed by atoms with van der Waals surface area (Å²) in [4.78, 5) is 26.5. The molecule has 0 fully saturated rings. The molecule has 0 amide bonds. The lowest BCUT2D eigenvalue weighted by Crippen LogP contribution is -2.30. The van der Waals surface area contributed by atoms with E-state index >= 15 is 0 Å². The predicted molar refractivity (Wildman–Crippen MR) is 70.6 cm³/mol. The first-order valence-corrected chi connectivity index (χ1v) is 5.70. The summed E-state index contributed by atoms with van der Waals surface area (Å²) < 4.78 is 0. The molecule has 0 saturated heterocycles. The zero-order valence-corrected chi connectivity index (χ0v) is 11.4. The number of rotatable bonds is 4. The van der Waals surface area contributed by atoms with Crippen molar-refractivity contribution in [2.45, 2.75) is 20.8 Å². The van der Waals surface area contributed by atoms with Crippen molar-refractivity contribution in [1.29, 1.82) is 0 Å².